The van der Waals surface area contributed by atoms with Crippen LogP contribution in [0.2, 0.25) is 0 Å². The van der Waals surface area contributed by atoms with Gasteiger partial charge in [0.15, 0.2) is 0 Å². The first kappa shape index (κ1) is 26.6. The first-order valence-corrected chi connectivity index (χ1v) is 13.6. The molecule has 0 atom stereocenters. The number of amides is 1. The maximum absolute atomic E-state index is 12.7. The Balaban J connectivity index is 1.11. The third-order valence-electron chi connectivity index (χ3n) is 7.47. The summed E-state index contributed by atoms with van der Waals surface area (Å²) >= 11 is 0. The normalized spacial score (nSPS) is 14.6. The van der Waals surface area contributed by atoms with Gasteiger partial charge >= 0.3 is 0 Å². The third-order valence-corrected chi connectivity index (χ3v) is 7.47. The fourth-order valence-electron chi connectivity index (χ4n) is 5.20. The molecule has 1 aromatic heterocycles. The number of benzene rings is 3. The van der Waals surface area contributed by atoms with Crippen LogP contribution in [0, 0.1) is 20.8 Å². The minimum Gasteiger partial charge on any atom is -0.318 e. The molecule has 6 heteroatoms. The van der Waals surface area contributed by atoms with Crippen LogP contribution in [0.4, 0.5) is 0 Å². The molecule has 1 N–H and O–H groups in total. The molecule has 1 saturated heterocycles. The van der Waals surface area contributed by atoms with Gasteiger partial charge in [0.2, 0.25) is 0 Å². The van der Waals surface area contributed by atoms with Crippen LogP contribution in [0.1, 0.15) is 44.0 Å². The molecule has 0 aliphatic carbocycles. The van der Waals surface area contributed by atoms with Gasteiger partial charge in [0, 0.05) is 67.5 Å². The molecule has 0 saturated carbocycles. The molecule has 200 valence electrons. The number of aromatic nitrogens is 1. The first-order chi connectivity index (χ1) is 19.0. The summed E-state index contributed by atoms with van der Waals surface area (Å²) < 4.78 is 2.20. The maximum Gasteiger partial charge on any atom is 0.271 e. The van der Waals surface area contributed by atoms with Crippen LogP contribution in [-0.2, 0) is 13.1 Å². The number of hydrogen-bond acceptors (Lipinski definition) is 4. The first-order valence-electron chi connectivity index (χ1n) is 13.6. The van der Waals surface area contributed by atoms with Crippen molar-refractivity contribution < 1.29 is 4.79 Å². The number of hydrazone groups is 1. The number of piperazine rings is 1. The summed E-state index contributed by atoms with van der Waals surface area (Å²) in [7, 11) is 0. The van der Waals surface area contributed by atoms with Crippen LogP contribution in [-0.4, -0.2) is 52.7 Å². The molecule has 0 unspecified atom stereocenters. The van der Waals surface area contributed by atoms with E-state index >= 15 is 0 Å². The topological polar surface area (TPSA) is 52.9 Å². The average molecular weight is 520 g/mol. The van der Waals surface area contributed by atoms with E-state index in [-0.39, 0.29) is 5.91 Å². The van der Waals surface area contributed by atoms with Gasteiger partial charge in [-0.1, -0.05) is 60.2 Å². The SMILES string of the molecule is Cc1ccc(-n2c(C)cc(/C=N\NC(=O)c3ccc(CN4CCN(Cc5ccccc5)CC4)cc3)c2C)cc1. The second-order valence-electron chi connectivity index (χ2n) is 10.4. The van der Waals surface area contributed by atoms with E-state index in [2.05, 4.69) is 106 Å². The average Bonchev–Trinajstić information content (AvgIpc) is 3.23. The van der Waals surface area contributed by atoms with Crippen molar-refractivity contribution in [3.63, 3.8) is 0 Å². The molecule has 1 fully saturated rings. The highest BCUT2D eigenvalue weighted by molar-refractivity contribution is 5.95. The molecule has 2 heterocycles. The molecule has 3 aromatic carbocycles. The highest BCUT2D eigenvalue weighted by atomic mass is 16.2. The highest BCUT2D eigenvalue weighted by Gasteiger charge is 2.17. The summed E-state index contributed by atoms with van der Waals surface area (Å²) in [5, 5.41) is 4.24. The van der Waals surface area contributed by atoms with Gasteiger partial charge in [0.05, 0.1) is 6.21 Å². The molecule has 0 radical (unpaired) electrons. The van der Waals surface area contributed by atoms with Gasteiger partial charge in [-0.2, -0.15) is 5.10 Å². The smallest absolute Gasteiger partial charge is 0.271 e. The van der Waals surface area contributed by atoms with Crippen LogP contribution in [0.5, 0.6) is 0 Å². The zero-order valence-electron chi connectivity index (χ0n) is 23.1. The Labute approximate surface area is 231 Å². The monoisotopic (exact) mass is 519 g/mol. The van der Waals surface area contributed by atoms with Gasteiger partial charge in [-0.3, -0.25) is 14.6 Å². The van der Waals surface area contributed by atoms with Crippen LogP contribution >= 0.6 is 0 Å². The van der Waals surface area contributed by atoms with Crippen molar-refractivity contribution in [2.75, 3.05) is 26.2 Å². The summed E-state index contributed by atoms with van der Waals surface area (Å²) in [5.74, 6) is -0.209. The number of hydrogen-bond donors (Lipinski definition) is 1. The fourth-order valence-corrected chi connectivity index (χ4v) is 5.20. The maximum atomic E-state index is 12.7. The number of rotatable bonds is 8. The van der Waals surface area contributed by atoms with E-state index in [4.69, 9.17) is 0 Å². The Bertz CT molecular complexity index is 1410. The lowest BCUT2D eigenvalue weighted by molar-refractivity contribution is 0.0955. The quantitative estimate of drug-likeness (QED) is 0.248. The van der Waals surface area contributed by atoms with Gasteiger partial charge in [-0.25, -0.2) is 5.43 Å². The van der Waals surface area contributed by atoms with Gasteiger partial charge in [-0.05, 0) is 62.2 Å². The largest absolute Gasteiger partial charge is 0.318 e. The Morgan fingerprint density at radius 1 is 0.795 bits per heavy atom. The van der Waals surface area contributed by atoms with Crippen molar-refractivity contribution >= 4 is 12.1 Å². The van der Waals surface area contributed by atoms with Gasteiger partial charge in [-0.15, -0.1) is 0 Å². The van der Waals surface area contributed by atoms with Crippen LogP contribution in [0.15, 0.2) is 90.0 Å². The molecule has 1 aliphatic rings. The van der Waals surface area contributed by atoms with Gasteiger partial charge in [0.1, 0.15) is 0 Å². The van der Waals surface area contributed by atoms with Crippen LogP contribution in [0.25, 0.3) is 5.69 Å². The van der Waals surface area contributed by atoms with E-state index in [1.54, 1.807) is 6.21 Å². The number of nitrogens with one attached hydrogen (secondary N) is 1. The van der Waals surface area contributed by atoms with Crippen molar-refractivity contribution in [1.29, 1.82) is 0 Å². The molecule has 6 nitrogen and oxygen atoms in total. The van der Waals surface area contributed by atoms with E-state index in [9.17, 15) is 4.79 Å². The Hall–Kier alpha value is -4.00. The lowest BCUT2D eigenvalue weighted by Gasteiger charge is -2.34. The summed E-state index contributed by atoms with van der Waals surface area (Å²) in [6.07, 6.45) is 1.72. The molecule has 1 aliphatic heterocycles. The van der Waals surface area contributed by atoms with Gasteiger partial charge in [0.25, 0.3) is 5.91 Å². The molecule has 39 heavy (non-hydrogen) atoms. The van der Waals surface area contributed by atoms with Crippen molar-refractivity contribution in [3.05, 3.63) is 124 Å². The van der Waals surface area contributed by atoms with Crippen molar-refractivity contribution in [1.82, 2.24) is 19.8 Å². The molecule has 1 amide bonds. The predicted molar refractivity (Wildman–Crippen MR) is 158 cm³/mol. The Morgan fingerprint density at radius 2 is 1.38 bits per heavy atom. The summed E-state index contributed by atoms with van der Waals surface area (Å²) in [5.41, 5.74) is 11.4. The molecular weight excluding hydrogens is 482 g/mol. The Kier molecular flexibility index (Phi) is 8.35. The van der Waals surface area contributed by atoms with E-state index in [0.717, 1.165) is 61.9 Å². The van der Waals surface area contributed by atoms with Crippen molar-refractivity contribution in [3.8, 4) is 5.69 Å². The zero-order chi connectivity index (χ0) is 27.2. The predicted octanol–water partition coefficient (Wildman–Crippen LogP) is 5.48. The van der Waals surface area contributed by atoms with Crippen LogP contribution < -0.4 is 5.43 Å². The summed E-state index contributed by atoms with van der Waals surface area (Å²) in [6.45, 7) is 12.4. The second kappa shape index (κ2) is 12.2. The lowest BCUT2D eigenvalue weighted by Crippen LogP contribution is -2.45. The number of carbonyl (C=O) groups excluding carboxylic acids is 1. The third kappa shape index (κ3) is 6.72. The fraction of sp³-hybridized carbons (Fsp3) is 0.273. The van der Waals surface area contributed by atoms with E-state index in [1.807, 2.05) is 24.3 Å². The highest BCUT2D eigenvalue weighted by Crippen LogP contribution is 2.20. The van der Waals surface area contributed by atoms with Crippen LogP contribution in [0.3, 0.4) is 0 Å². The second-order valence-corrected chi connectivity index (χ2v) is 10.4. The summed E-state index contributed by atoms with van der Waals surface area (Å²) in [6, 6.07) is 29.1. The molecule has 0 spiro atoms. The lowest BCUT2D eigenvalue weighted by atomic mass is 10.1. The minimum atomic E-state index is -0.209. The number of carbonyl (C=O) groups is 1. The molecule has 0 bridgehead atoms. The Morgan fingerprint density at radius 3 is 2.00 bits per heavy atom. The van der Waals surface area contributed by atoms with E-state index in [1.165, 1.54) is 16.7 Å². The van der Waals surface area contributed by atoms with E-state index in [0.29, 0.717) is 5.56 Å². The molecular formula is C33H37N5O. The van der Waals surface area contributed by atoms with Crippen molar-refractivity contribution in [2.45, 2.75) is 33.9 Å². The van der Waals surface area contributed by atoms with E-state index < -0.39 is 0 Å². The standard InChI is InChI=1S/C33H37N5O/c1-25-9-15-32(16-10-25)38-26(2)21-31(27(38)3)22-34-35-33(39)30-13-11-29(12-14-30)24-37-19-17-36(18-20-37)23-28-7-5-4-6-8-28/h4-16,21-22H,17-20,23-24H2,1-3H3,(H,35,39)/b34-22-. The van der Waals surface area contributed by atoms with Crippen molar-refractivity contribution in [2.24, 2.45) is 5.10 Å². The molecule has 5 rings (SSSR count). The molecule has 4 aromatic rings. The number of aryl methyl sites for hydroxylation is 2. The number of nitrogens with zero attached hydrogens (tertiary/aromatic N) is 4. The van der Waals surface area contributed by atoms with Gasteiger partial charge < -0.3 is 4.57 Å². The summed E-state index contributed by atoms with van der Waals surface area (Å²) in [4.78, 5) is 17.7. The zero-order valence-corrected chi connectivity index (χ0v) is 23.1. The minimum absolute atomic E-state index is 0.209.